The summed E-state index contributed by atoms with van der Waals surface area (Å²) in [7, 11) is 0. The monoisotopic (exact) mass is 279 g/mol. The van der Waals surface area contributed by atoms with Gasteiger partial charge in [0.25, 0.3) is 0 Å². The van der Waals surface area contributed by atoms with Gasteiger partial charge in [0.15, 0.2) is 0 Å². The van der Waals surface area contributed by atoms with Crippen LogP contribution in [0.4, 0.5) is 4.79 Å². The molecule has 0 aliphatic heterocycles. The largest absolute Gasteiger partial charge is 0.480 e. The summed E-state index contributed by atoms with van der Waals surface area (Å²) in [6.07, 6.45) is 3.68. The lowest BCUT2D eigenvalue weighted by Gasteiger charge is -2.19. The van der Waals surface area contributed by atoms with Crippen molar-refractivity contribution < 1.29 is 14.7 Å². The van der Waals surface area contributed by atoms with E-state index >= 15 is 0 Å². The predicted molar refractivity (Wildman–Crippen MR) is 75.2 cm³/mol. The molecular formula is C14H21N3O3. The zero-order valence-electron chi connectivity index (χ0n) is 12.0. The van der Waals surface area contributed by atoms with Crippen molar-refractivity contribution in [2.75, 3.05) is 0 Å². The second-order valence-corrected chi connectivity index (χ2v) is 5.14. The number of carboxylic acids is 1. The van der Waals surface area contributed by atoms with Crippen molar-refractivity contribution in [3.63, 3.8) is 0 Å². The molecule has 1 aromatic heterocycles. The third kappa shape index (κ3) is 5.26. The van der Waals surface area contributed by atoms with E-state index in [9.17, 15) is 9.59 Å². The molecule has 3 N–H and O–H groups in total. The highest BCUT2D eigenvalue weighted by atomic mass is 16.4. The number of hydrogen-bond donors (Lipinski definition) is 3. The molecule has 0 spiro atoms. The van der Waals surface area contributed by atoms with Crippen LogP contribution in [-0.2, 0) is 4.79 Å². The van der Waals surface area contributed by atoms with Gasteiger partial charge in [0.2, 0.25) is 0 Å². The van der Waals surface area contributed by atoms with Gasteiger partial charge in [-0.05, 0) is 37.0 Å². The highest BCUT2D eigenvalue weighted by Gasteiger charge is 2.21. The lowest BCUT2D eigenvalue weighted by atomic mass is 10.0. The van der Waals surface area contributed by atoms with Gasteiger partial charge < -0.3 is 15.7 Å². The predicted octanol–water partition coefficient (Wildman–Crippen LogP) is 1.94. The van der Waals surface area contributed by atoms with E-state index in [1.807, 2.05) is 20.8 Å². The first-order valence-corrected chi connectivity index (χ1v) is 6.60. The highest BCUT2D eigenvalue weighted by molar-refractivity contribution is 5.82. The van der Waals surface area contributed by atoms with Crippen LogP contribution in [-0.4, -0.2) is 28.1 Å². The van der Waals surface area contributed by atoms with Crippen molar-refractivity contribution in [3.05, 3.63) is 30.1 Å². The Labute approximate surface area is 118 Å². The standard InChI is InChI=1S/C14H21N3O3/c1-9(2)8-12(13(18)19)17-14(20)16-10(3)11-4-6-15-7-5-11/h4-7,9-10,12H,8H2,1-3H3,(H,18,19)(H2,16,17,20)/t10?,12-/m1/s1. The van der Waals surface area contributed by atoms with Gasteiger partial charge in [-0.15, -0.1) is 0 Å². The van der Waals surface area contributed by atoms with Gasteiger partial charge in [-0.25, -0.2) is 9.59 Å². The van der Waals surface area contributed by atoms with Crippen LogP contribution in [0.2, 0.25) is 0 Å². The Morgan fingerprint density at radius 1 is 1.20 bits per heavy atom. The molecule has 1 heterocycles. The number of nitrogens with zero attached hydrogens (tertiary/aromatic N) is 1. The molecule has 0 bridgehead atoms. The second kappa shape index (κ2) is 7.47. The van der Waals surface area contributed by atoms with Crippen molar-refractivity contribution in [1.82, 2.24) is 15.6 Å². The van der Waals surface area contributed by atoms with E-state index in [1.165, 1.54) is 0 Å². The molecule has 2 atom stereocenters. The lowest BCUT2D eigenvalue weighted by Crippen LogP contribution is -2.47. The molecule has 6 heteroatoms. The Morgan fingerprint density at radius 3 is 2.30 bits per heavy atom. The van der Waals surface area contributed by atoms with Gasteiger partial charge in [-0.3, -0.25) is 4.98 Å². The molecule has 1 rings (SSSR count). The number of urea groups is 1. The third-order valence-corrected chi connectivity index (χ3v) is 2.86. The fraction of sp³-hybridized carbons (Fsp3) is 0.500. The maximum Gasteiger partial charge on any atom is 0.326 e. The smallest absolute Gasteiger partial charge is 0.326 e. The van der Waals surface area contributed by atoms with Gasteiger partial charge in [0.1, 0.15) is 6.04 Å². The average Bonchev–Trinajstić information content (AvgIpc) is 2.38. The van der Waals surface area contributed by atoms with Crippen LogP contribution in [0, 0.1) is 5.92 Å². The number of carbonyl (C=O) groups excluding carboxylic acids is 1. The first-order valence-electron chi connectivity index (χ1n) is 6.60. The molecule has 2 amide bonds. The fourth-order valence-corrected chi connectivity index (χ4v) is 1.82. The third-order valence-electron chi connectivity index (χ3n) is 2.86. The maximum atomic E-state index is 11.8. The Bertz CT molecular complexity index is 448. The Morgan fingerprint density at radius 2 is 1.80 bits per heavy atom. The quantitative estimate of drug-likeness (QED) is 0.742. The summed E-state index contributed by atoms with van der Waals surface area (Å²) in [5.41, 5.74) is 0.908. The molecule has 20 heavy (non-hydrogen) atoms. The summed E-state index contributed by atoms with van der Waals surface area (Å²) in [6.45, 7) is 5.65. The van der Waals surface area contributed by atoms with Crippen LogP contribution in [0.3, 0.4) is 0 Å². The molecule has 0 aliphatic carbocycles. The van der Waals surface area contributed by atoms with Gasteiger partial charge in [0.05, 0.1) is 6.04 Å². The van der Waals surface area contributed by atoms with E-state index in [0.717, 1.165) is 5.56 Å². The number of aromatic nitrogens is 1. The number of nitrogens with one attached hydrogen (secondary N) is 2. The number of carboxylic acid groups (broad SMARTS) is 1. The molecule has 0 aromatic carbocycles. The van der Waals surface area contributed by atoms with Crippen LogP contribution >= 0.6 is 0 Å². The minimum atomic E-state index is -1.02. The van der Waals surface area contributed by atoms with Gasteiger partial charge in [-0.2, -0.15) is 0 Å². The number of hydrogen-bond acceptors (Lipinski definition) is 3. The summed E-state index contributed by atoms with van der Waals surface area (Å²) in [6, 6.07) is 2.02. The van der Waals surface area contributed by atoms with E-state index in [-0.39, 0.29) is 12.0 Å². The normalized spacial score (nSPS) is 13.6. The number of amides is 2. The van der Waals surface area contributed by atoms with E-state index in [4.69, 9.17) is 5.11 Å². The van der Waals surface area contributed by atoms with Crippen LogP contribution in [0.1, 0.15) is 38.8 Å². The molecule has 0 fully saturated rings. The molecular weight excluding hydrogens is 258 g/mol. The maximum absolute atomic E-state index is 11.8. The minimum Gasteiger partial charge on any atom is -0.480 e. The van der Waals surface area contributed by atoms with Crippen LogP contribution in [0.25, 0.3) is 0 Å². The van der Waals surface area contributed by atoms with E-state index < -0.39 is 18.0 Å². The molecule has 0 radical (unpaired) electrons. The van der Waals surface area contributed by atoms with Crippen molar-refractivity contribution in [3.8, 4) is 0 Å². The average molecular weight is 279 g/mol. The van der Waals surface area contributed by atoms with Gasteiger partial charge in [-0.1, -0.05) is 13.8 Å². The van der Waals surface area contributed by atoms with Gasteiger partial charge in [0, 0.05) is 12.4 Å². The Hall–Kier alpha value is -2.11. The SMILES string of the molecule is CC(C)C[C@@H](NC(=O)NC(C)c1ccncc1)C(=O)O. The van der Waals surface area contributed by atoms with E-state index in [2.05, 4.69) is 15.6 Å². The number of aliphatic carboxylic acids is 1. The minimum absolute atomic E-state index is 0.189. The first kappa shape index (κ1) is 15.9. The highest BCUT2D eigenvalue weighted by Crippen LogP contribution is 2.10. The fourth-order valence-electron chi connectivity index (χ4n) is 1.82. The van der Waals surface area contributed by atoms with Crippen molar-refractivity contribution >= 4 is 12.0 Å². The summed E-state index contributed by atoms with van der Waals surface area (Å²) in [5.74, 6) is -0.834. The van der Waals surface area contributed by atoms with Crippen LogP contribution < -0.4 is 10.6 Å². The molecule has 0 aliphatic rings. The summed E-state index contributed by atoms with van der Waals surface area (Å²) < 4.78 is 0. The number of pyridine rings is 1. The van der Waals surface area contributed by atoms with E-state index in [0.29, 0.717) is 6.42 Å². The Kier molecular flexibility index (Phi) is 5.96. The zero-order chi connectivity index (χ0) is 15.1. The van der Waals surface area contributed by atoms with E-state index in [1.54, 1.807) is 24.5 Å². The topological polar surface area (TPSA) is 91.3 Å². The van der Waals surface area contributed by atoms with Crippen LogP contribution in [0.5, 0.6) is 0 Å². The summed E-state index contributed by atoms with van der Waals surface area (Å²) in [4.78, 5) is 26.8. The van der Waals surface area contributed by atoms with Crippen molar-refractivity contribution in [2.45, 2.75) is 39.3 Å². The number of rotatable bonds is 6. The Balaban J connectivity index is 2.55. The second-order valence-electron chi connectivity index (χ2n) is 5.14. The lowest BCUT2D eigenvalue weighted by molar-refractivity contribution is -0.139. The zero-order valence-corrected chi connectivity index (χ0v) is 12.0. The molecule has 0 saturated carbocycles. The number of carbonyl (C=O) groups is 2. The molecule has 1 aromatic rings. The molecule has 1 unspecified atom stereocenters. The first-order chi connectivity index (χ1) is 9.40. The summed E-state index contributed by atoms with van der Waals surface area (Å²) in [5, 5.41) is 14.3. The van der Waals surface area contributed by atoms with Crippen molar-refractivity contribution in [2.24, 2.45) is 5.92 Å². The van der Waals surface area contributed by atoms with Crippen LogP contribution in [0.15, 0.2) is 24.5 Å². The summed E-state index contributed by atoms with van der Waals surface area (Å²) >= 11 is 0. The molecule has 0 saturated heterocycles. The molecule has 110 valence electrons. The van der Waals surface area contributed by atoms with Crippen molar-refractivity contribution in [1.29, 1.82) is 0 Å². The molecule has 6 nitrogen and oxygen atoms in total. The van der Waals surface area contributed by atoms with Gasteiger partial charge >= 0.3 is 12.0 Å².